The zero-order valence-electron chi connectivity index (χ0n) is 11.0. The normalized spacial score (nSPS) is 13.2. The summed E-state index contributed by atoms with van der Waals surface area (Å²) >= 11 is 0. The molecule has 5 nitrogen and oxygen atoms in total. The largest absolute Gasteiger partial charge is 0.321 e. The molecule has 1 aliphatic heterocycles. The number of anilines is 2. The van der Waals surface area contributed by atoms with Gasteiger partial charge in [-0.3, -0.25) is 14.6 Å². The van der Waals surface area contributed by atoms with E-state index in [0.29, 0.717) is 17.8 Å². The van der Waals surface area contributed by atoms with E-state index in [4.69, 9.17) is 0 Å². The number of likely N-dealkylation sites (N-methyl/N-ethyl adjacent to an activating group) is 1. The molecule has 2 aromatic rings. The van der Waals surface area contributed by atoms with E-state index in [1.807, 2.05) is 12.1 Å². The second kappa shape index (κ2) is 4.77. The lowest BCUT2D eigenvalue weighted by molar-refractivity contribution is -0.117. The first-order valence-electron chi connectivity index (χ1n) is 6.27. The molecule has 2 amide bonds. The summed E-state index contributed by atoms with van der Waals surface area (Å²) in [7, 11) is 1.75. The van der Waals surface area contributed by atoms with Crippen LogP contribution in [0.15, 0.2) is 42.6 Å². The predicted molar refractivity (Wildman–Crippen MR) is 75.7 cm³/mol. The Morgan fingerprint density at radius 3 is 2.90 bits per heavy atom. The maximum atomic E-state index is 12.0. The number of nitrogens with zero attached hydrogens (tertiary/aromatic N) is 2. The highest BCUT2D eigenvalue weighted by molar-refractivity contribution is 6.04. The van der Waals surface area contributed by atoms with E-state index in [-0.39, 0.29) is 11.8 Å². The van der Waals surface area contributed by atoms with Crippen molar-refractivity contribution in [3.8, 4) is 0 Å². The Bertz CT molecular complexity index is 683. The molecule has 100 valence electrons. The molecule has 5 heteroatoms. The van der Waals surface area contributed by atoms with E-state index in [1.54, 1.807) is 42.4 Å². The molecule has 0 unspecified atom stereocenters. The fourth-order valence-corrected chi connectivity index (χ4v) is 2.24. The van der Waals surface area contributed by atoms with Gasteiger partial charge in [-0.15, -0.1) is 0 Å². The smallest absolute Gasteiger partial charge is 0.274 e. The number of nitrogens with one attached hydrogen (secondary N) is 1. The van der Waals surface area contributed by atoms with E-state index in [2.05, 4.69) is 10.3 Å². The standard InChI is InChI=1S/C15H13N3O2/c1-18-13-6-5-11(8-10(13)9-14(18)19)17-15(20)12-4-2-3-7-16-12/h2-8H,9H2,1H3,(H,17,20). The number of aromatic nitrogens is 1. The molecule has 1 aromatic carbocycles. The first-order chi connectivity index (χ1) is 9.65. The third kappa shape index (κ3) is 2.14. The van der Waals surface area contributed by atoms with Gasteiger partial charge in [-0.1, -0.05) is 6.07 Å². The Labute approximate surface area is 116 Å². The van der Waals surface area contributed by atoms with Crippen molar-refractivity contribution in [3.63, 3.8) is 0 Å². The van der Waals surface area contributed by atoms with Gasteiger partial charge in [-0.2, -0.15) is 0 Å². The summed E-state index contributed by atoms with van der Waals surface area (Å²) in [5, 5.41) is 2.79. The van der Waals surface area contributed by atoms with Gasteiger partial charge >= 0.3 is 0 Å². The molecular weight excluding hydrogens is 254 g/mol. The van der Waals surface area contributed by atoms with Gasteiger partial charge in [0.25, 0.3) is 5.91 Å². The van der Waals surface area contributed by atoms with Gasteiger partial charge in [-0.25, -0.2) is 0 Å². The molecule has 0 saturated carbocycles. The second-order valence-corrected chi connectivity index (χ2v) is 4.64. The van der Waals surface area contributed by atoms with Crippen molar-refractivity contribution in [3.05, 3.63) is 53.9 Å². The van der Waals surface area contributed by atoms with Crippen LogP contribution in [0.3, 0.4) is 0 Å². The monoisotopic (exact) mass is 267 g/mol. The number of rotatable bonds is 2. The fourth-order valence-electron chi connectivity index (χ4n) is 2.24. The molecule has 3 rings (SSSR count). The van der Waals surface area contributed by atoms with Crippen molar-refractivity contribution >= 4 is 23.2 Å². The van der Waals surface area contributed by atoms with Crippen LogP contribution in [0.4, 0.5) is 11.4 Å². The summed E-state index contributed by atoms with van der Waals surface area (Å²) in [5.41, 5.74) is 2.85. The zero-order valence-corrected chi connectivity index (χ0v) is 11.0. The van der Waals surface area contributed by atoms with Crippen LogP contribution in [-0.2, 0) is 11.2 Å². The minimum atomic E-state index is -0.261. The Morgan fingerprint density at radius 2 is 2.15 bits per heavy atom. The number of benzene rings is 1. The topological polar surface area (TPSA) is 62.3 Å². The van der Waals surface area contributed by atoms with Gasteiger partial charge in [0.05, 0.1) is 6.42 Å². The maximum absolute atomic E-state index is 12.0. The lowest BCUT2D eigenvalue weighted by Crippen LogP contribution is -2.20. The molecule has 1 aliphatic rings. The molecule has 0 atom stereocenters. The second-order valence-electron chi connectivity index (χ2n) is 4.64. The van der Waals surface area contributed by atoms with E-state index < -0.39 is 0 Å². The van der Waals surface area contributed by atoms with Gasteiger partial charge in [-0.05, 0) is 35.9 Å². The first kappa shape index (κ1) is 12.3. The highest BCUT2D eigenvalue weighted by Crippen LogP contribution is 2.30. The van der Waals surface area contributed by atoms with E-state index in [0.717, 1.165) is 11.3 Å². The first-order valence-corrected chi connectivity index (χ1v) is 6.27. The predicted octanol–water partition coefficient (Wildman–Crippen LogP) is 1.85. The van der Waals surface area contributed by atoms with Gasteiger partial charge in [0, 0.05) is 24.6 Å². The molecule has 0 radical (unpaired) electrons. The molecule has 0 aliphatic carbocycles. The number of hydrogen-bond acceptors (Lipinski definition) is 3. The van der Waals surface area contributed by atoms with Crippen LogP contribution in [0.25, 0.3) is 0 Å². The number of pyridine rings is 1. The molecule has 2 heterocycles. The summed E-state index contributed by atoms with van der Waals surface area (Å²) < 4.78 is 0. The Morgan fingerprint density at radius 1 is 1.30 bits per heavy atom. The van der Waals surface area contributed by atoms with Crippen molar-refractivity contribution < 1.29 is 9.59 Å². The third-order valence-electron chi connectivity index (χ3n) is 3.31. The van der Waals surface area contributed by atoms with Gasteiger partial charge in [0.2, 0.25) is 5.91 Å². The summed E-state index contributed by atoms with van der Waals surface area (Å²) in [5.74, 6) is -0.198. The SMILES string of the molecule is CN1C(=O)Cc2cc(NC(=O)c3ccccn3)ccc21. The van der Waals surface area contributed by atoms with Crippen molar-refractivity contribution in [2.24, 2.45) is 0 Å². The van der Waals surface area contributed by atoms with E-state index in [1.165, 1.54) is 0 Å². The lowest BCUT2D eigenvalue weighted by atomic mass is 10.1. The average molecular weight is 267 g/mol. The van der Waals surface area contributed by atoms with Gasteiger partial charge < -0.3 is 10.2 Å². The average Bonchev–Trinajstić information content (AvgIpc) is 2.74. The number of carbonyl (C=O) groups is 2. The Kier molecular flexibility index (Phi) is 2.95. The molecular formula is C15H13N3O2. The van der Waals surface area contributed by atoms with E-state index in [9.17, 15) is 9.59 Å². The van der Waals surface area contributed by atoms with Crippen LogP contribution in [-0.4, -0.2) is 23.8 Å². The molecule has 0 spiro atoms. The van der Waals surface area contributed by atoms with Crippen molar-refractivity contribution in [1.29, 1.82) is 0 Å². The Balaban J connectivity index is 1.82. The molecule has 20 heavy (non-hydrogen) atoms. The van der Waals surface area contributed by atoms with Crippen LogP contribution in [0.2, 0.25) is 0 Å². The zero-order chi connectivity index (χ0) is 14.1. The van der Waals surface area contributed by atoms with Crippen molar-refractivity contribution in [2.45, 2.75) is 6.42 Å². The highest BCUT2D eigenvalue weighted by atomic mass is 16.2. The van der Waals surface area contributed by atoms with Crippen LogP contribution in [0.5, 0.6) is 0 Å². The highest BCUT2D eigenvalue weighted by Gasteiger charge is 2.24. The Hall–Kier alpha value is -2.69. The molecule has 0 saturated heterocycles. The minimum Gasteiger partial charge on any atom is -0.321 e. The fraction of sp³-hybridized carbons (Fsp3) is 0.133. The summed E-state index contributed by atoms with van der Waals surface area (Å²) in [4.78, 5) is 29.2. The quantitative estimate of drug-likeness (QED) is 0.903. The number of amides is 2. The lowest BCUT2D eigenvalue weighted by Gasteiger charge is -2.11. The van der Waals surface area contributed by atoms with Gasteiger partial charge in [0.1, 0.15) is 5.69 Å². The van der Waals surface area contributed by atoms with Crippen LogP contribution in [0.1, 0.15) is 16.1 Å². The summed E-state index contributed by atoms with van der Waals surface area (Å²) in [6, 6.07) is 10.6. The molecule has 1 aromatic heterocycles. The maximum Gasteiger partial charge on any atom is 0.274 e. The summed E-state index contributed by atoms with van der Waals surface area (Å²) in [6.07, 6.45) is 1.95. The third-order valence-corrected chi connectivity index (χ3v) is 3.31. The van der Waals surface area contributed by atoms with Crippen LogP contribution >= 0.6 is 0 Å². The summed E-state index contributed by atoms with van der Waals surface area (Å²) in [6.45, 7) is 0. The van der Waals surface area contributed by atoms with Gasteiger partial charge in [0.15, 0.2) is 0 Å². The number of fused-ring (bicyclic) bond motifs is 1. The molecule has 0 fully saturated rings. The van der Waals surface area contributed by atoms with E-state index >= 15 is 0 Å². The molecule has 1 N–H and O–H groups in total. The van der Waals surface area contributed by atoms with Crippen LogP contribution in [0, 0.1) is 0 Å². The number of hydrogen-bond donors (Lipinski definition) is 1. The molecule has 0 bridgehead atoms. The van der Waals surface area contributed by atoms with Crippen LogP contribution < -0.4 is 10.2 Å². The number of carbonyl (C=O) groups excluding carboxylic acids is 2. The minimum absolute atomic E-state index is 0.0632. The van der Waals surface area contributed by atoms with Crippen molar-refractivity contribution in [1.82, 2.24) is 4.98 Å². The van der Waals surface area contributed by atoms with Crippen molar-refractivity contribution in [2.75, 3.05) is 17.3 Å².